The van der Waals surface area contributed by atoms with Crippen molar-refractivity contribution in [3.05, 3.63) is 58.3 Å². The van der Waals surface area contributed by atoms with Crippen molar-refractivity contribution in [2.75, 3.05) is 69.5 Å². The molecule has 226 valence electrons. The Bertz CT molecular complexity index is 1670. The number of anilines is 4. The zero-order chi connectivity index (χ0) is 30.2. The molecule has 1 atom stereocenters. The van der Waals surface area contributed by atoms with Crippen LogP contribution in [-0.2, 0) is 13.0 Å². The number of ether oxygens (including phenoxy) is 1. The average molecular weight is 585 g/mol. The first-order chi connectivity index (χ1) is 20.7. The molecule has 0 saturated carbocycles. The van der Waals surface area contributed by atoms with Gasteiger partial charge in [0, 0.05) is 63.5 Å². The van der Waals surface area contributed by atoms with Crippen molar-refractivity contribution >= 4 is 39.7 Å². The Labute approximate surface area is 252 Å². The highest BCUT2D eigenvalue weighted by atomic mass is 16.6. The third kappa shape index (κ3) is 5.45. The van der Waals surface area contributed by atoms with Gasteiger partial charge in [0.1, 0.15) is 17.3 Å². The van der Waals surface area contributed by atoms with Gasteiger partial charge in [-0.1, -0.05) is 25.1 Å². The van der Waals surface area contributed by atoms with Crippen LogP contribution >= 0.6 is 0 Å². The van der Waals surface area contributed by atoms with Crippen molar-refractivity contribution in [3.63, 3.8) is 0 Å². The maximum atomic E-state index is 12.1. The number of methoxy groups -OCH3 is 1. The van der Waals surface area contributed by atoms with Crippen molar-refractivity contribution in [3.8, 4) is 17.0 Å². The maximum Gasteiger partial charge on any atom is 0.294 e. The van der Waals surface area contributed by atoms with Crippen molar-refractivity contribution < 1.29 is 9.66 Å². The first-order valence-corrected chi connectivity index (χ1v) is 15.0. The molecule has 6 rings (SSSR count). The van der Waals surface area contributed by atoms with E-state index in [-0.39, 0.29) is 10.6 Å². The number of nitro groups is 1. The molecule has 2 aromatic heterocycles. The molecule has 43 heavy (non-hydrogen) atoms. The molecule has 4 aromatic rings. The lowest BCUT2D eigenvalue weighted by atomic mass is 10.0. The molecule has 11 heteroatoms. The van der Waals surface area contributed by atoms with Crippen LogP contribution in [-0.4, -0.2) is 78.8 Å². The molecular weight excluding hydrogens is 544 g/mol. The monoisotopic (exact) mass is 584 g/mol. The topological polar surface area (TPSA) is 105 Å². The lowest BCUT2D eigenvalue weighted by Gasteiger charge is -2.25. The van der Waals surface area contributed by atoms with E-state index >= 15 is 0 Å². The van der Waals surface area contributed by atoms with Crippen LogP contribution in [0.15, 0.2) is 42.6 Å². The Morgan fingerprint density at radius 1 is 1.16 bits per heavy atom. The first kappa shape index (κ1) is 28.7. The van der Waals surface area contributed by atoms with Gasteiger partial charge in [-0.05, 0) is 50.9 Å². The normalized spacial score (nSPS) is 16.2. The Balaban J connectivity index is 1.41. The average Bonchev–Trinajstić information content (AvgIpc) is 3.57. The molecule has 1 unspecified atom stereocenters. The SMILES string of the molecule is COc1cc(N(C)CCN(C)C)c([N+](=O)[O-])cc1Nc1nccc(-c2c(N3CCC(C)C3)n3c4c(cccc24)CCC3)n1. The summed E-state index contributed by atoms with van der Waals surface area (Å²) in [5, 5.41) is 16.6. The van der Waals surface area contributed by atoms with E-state index in [4.69, 9.17) is 9.72 Å². The summed E-state index contributed by atoms with van der Waals surface area (Å²) in [6.07, 6.45) is 5.11. The predicted octanol–water partition coefficient (Wildman–Crippen LogP) is 5.55. The standard InChI is InChI=1S/C32H40N8O3/c1-21-12-15-38(20-21)31-29(23-10-6-8-22-9-7-14-39(31)30(22)23)24-11-13-33-32(34-24)35-25-18-27(40(41)42)26(19-28(25)43-5)37(4)17-16-36(2)3/h6,8,10-11,13,18-19,21H,7,9,12,14-17,20H2,1-5H3,(H,33,34,35). The van der Waals surface area contributed by atoms with E-state index in [1.54, 1.807) is 19.4 Å². The summed E-state index contributed by atoms with van der Waals surface area (Å²) in [6.45, 7) is 6.72. The molecule has 2 aromatic carbocycles. The largest absolute Gasteiger partial charge is 0.494 e. The number of nitrogens with one attached hydrogen (secondary N) is 1. The molecule has 1 N–H and O–H groups in total. The van der Waals surface area contributed by atoms with Crippen LogP contribution in [0, 0.1) is 16.0 Å². The van der Waals surface area contributed by atoms with Gasteiger partial charge < -0.3 is 29.3 Å². The molecule has 1 saturated heterocycles. The molecule has 0 bridgehead atoms. The Kier molecular flexibility index (Phi) is 7.83. The minimum atomic E-state index is -0.361. The fourth-order valence-corrected chi connectivity index (χ4v) is 6.45. The van der Waals surface area contributed by atoms with Crippen LogP contribution in [0.2, 0.25) is 0 Å². The fourth-order valence-electron chi connectivity index (χ4n) is 6.45. The molecular formula is C32H40N8O3. The second kappa shape index (κ2) is 11.7. The molecule has 0 aliphatic carbocycles. The van der Waals surface area contributed by atoms with Gasteiger partial charge in [0.2, 0.25) is 5.95 Å². The number of para-hydroxylation sites is 1. The van der Waals surface area contributed by atoms with Gasteiger partial charge in [0.05, 0.1) is 34.5 Å². The van der Waals surface area contributed by atoms with E-state index in [0.29, 0.717) is 35.5 Å². The lowest BCUT2D eigenvalue weighted by Crippen LogP contribution is -2.28. The number of aryl methyl sites for hydroxylation is 2. The summed E-state index contributed by atoms with van der Waals surface area (Å²) in [7, 11) is 7.36. The van der Waals surface area contributed by atoms with E-state index in [2.05, 4.69) is 44.9 Å². The molecule has 1 fully saturated rings. The second-order valence-corrected chi connectivity index (χ2v) is 12.0. The number of aromatic nitrogens is 3. The third-order valence-corrected chi connectivity index (χ3v) is 8.63. The van der Waals surface area contributed by atoms with Crippen molar-refractivity contribution in [1.82, 2.24) is 19.4 Å². The lowest BCUT2D eigenvalue weighted by molar-refractivity contribution is -0.384. The Morgan fingerprint density at radius 2 is 2.00 bits per heavy atom. The smallest absolute Gasteiger partial charge is 0.294 e. The van der Waals surface area contributed by atoms with Crippen LogP contribution in [0.3, 0.4) is 0 Å². The fraction of sp³-hybridized carbons (Fsp3) is 0.438. The number of hydrogen-bond donors (Lipinski definition) is 1. The Hall–Kier alpha value is -4.38. The molecule has 2 aliphatic heterocycles. The second-order valence-electron chi connectivity index (χ2n) is 12.0. The van der Waals surface area contributed by atoms with Gasteiger partial charge in [-0.2, -0.15) is 0 Å². The van der Waals surface area contributed by atoms with E-state index in [0.717, 1.165) is 50.3 Å². The molecule has 2 aliphatic rings. The highest BCUT2D eigenvalue weighted by Gasteiger charge is 2.30. The summed E-state index contributed by atoms with van der Waals surface area (Å²) in [5.41, 5.74) is 5.54. The van der Waals surface area contributed by atoms with Gasteiger partial charge in [0.25, 0.3) is 5.69 Å². The minimum Gasteiger partial charge on any atom is -0.494 e. The number of hydrogen-bond acceptors (Lipinski definition) is 9. The van der Waals surface area contributed by atoms with Gasteiger partial charge in [-0.15, -0.1) is 0 Å². The van der Waals surface area contributed by atoms with Gasteiger partial charge in [-0.25, -0.2) is 9.97 Å². The predicted molar refractivity (Wildman–Crippen MR) is 172 cm³/mol. The number of rotatable bonds is 10. The summed E-state index contributed by atoms with van der Waals surface area (Å²) < 4.78 is 8.18. The van der Waals surface area contributed by atoms with Gasteiger partial charge in [0.15, 0.2) is 0 Å². The molecule has 0 amide bonds. The zero-order valence-electron chi connectivity index (χ0n) is 25.6. The van der Waals surface area contributed by atoms with Crippen molar-refractivity contribution in [1.29, 1.82) is 0 Å². The number of nitrogens with zero attached hydrogens (tertiary/aromatic N) is 7. The van der Waals surface area contributed by atoms with E-state index < -0.39 is 0 Å². The third-order valence-electron chi connectivity index (χ3n) is 8.63. The summed E-state index contributed by atoms with van der Waals surface area (Å²) >= 11 is 0. The highest BCUT2D eigenvalue weighted by Crippen LogP contribution is 2.45. The molecule has 0 spiro atoms. The number of benzene rings is 2. The highest BCUT2D eigenvalue weighted by molar-refractivity contribution is 6.04. The van der Waals surface area contributed by atoms with E-state index in [1.165, 1.54) is 34.8 Å². The molecule has 4 heterocycles. The van der Waals surface area contributed by atoms with Crippen LogP contribution in [0.25, 0.3) is 22.2 Å². The van der Waals surface area contributed by atoms with Crippen molar-refractivity contribution in [2.45, 2.75) is 32.7 Å². The van der Waals surface area contributed by atoms with Crippen LogP contribution in [0.5, 0.6) is 5.75 Å². The van der Waals surface area contributed by atoms with E-state index in [1.807, 2.05) is 37.0 Å². The molecule has 11 nitrogen and oxygen atoms in total. The molecule has 0 radical (unpaired) electrons. The maximum absolute atomic E-state index is 12.1. The quantitative estimate of drug-likeness (QED) is 0.190. The summed E-state index contributed by atoms with van der Waals surface area (Å²) in [6, 6.07) is 11.8. The van der Waals surface area contributed by atoms with Gasteiger partial charge in [-0.3, -0.25) is 10.1 Å². The summed E-state index contributed by atoms with van der Waals surface area (Å²) in [5.74, 6) is 2.70. The van der Waals surface area contributed by atoms with Crippen molar-refractivity contribution in [2.24, 2.45) is 5.92 Å². The van der Waals surface area contributed by atoms with Crippen LogP contribution < -0.4 is 19.9 Å². The minimum absolute atomic E-state index is 0.0138. The number of likely N-dealkylation sites (N-methyl/N-ethyl adjacent to an activating group) is 2. The number of nitro benzene ring substituents is 1. The zero-order valence-corrected chi connectivity index (χ0v) is 25.6. The summed E-state index contributed by atoms with van der Waals surface area (Å²) in [4.78, 5) is 27.7. The van der Waals surface area contributed by atoms with Crippen LogP contribution in [0.1, 0.15) is 25.3 Å². The van der Waals surface area contributed by atoms with E-state index in [9.17, 15) is 10.1 Å². The first-order valence-electron chi connectivity index (χ1n) is 15.0. The Morgan fingerprint density at radius 3 is 2.72 bits per heavy atom. The van der Waals surface area contributed by atoms with Gasteiger partial charge >= 0.3 is 0 Å². The van der Waals surface area contributed by atoms with Crippen LogP contribution in [0.4, 0.5) is 28.8 Å².